The molecule has 1 amide bonds. The predicted molar refractivity (Wildman–Crippen MR) is 155 cm³/mol. The van der Waals surface area contributed by atoms with Crippen LogP contribution in [-0.2, 0) is 22.5 Å². The Labute approximate surface area is 245 Å². The summed E-state index contributed by atoms with van der Waals surface area (Å²) in [5.74, 6) is 1.80. The van der Waals surface area contributed by atoms with E-state index >= 15 is 0 Å². The molecular weight excluding hydrogens is 537 g/mol. The van der Waals surface area contributed by atoms with Gasteiger partial charge in [0, 0.05) is 74.1 Å². The van der Waals surface area contributed by atoms with Crippen LogP contribution in [0.4, 0.5) is 10.3 Å². The topological polar surface area (TPSA) is 97.1 Å². The van der Waals surface area contributed by atoms with Crippen molar-refractivity contribution in [3.63, 3.8) is 0 Å². The summed E-state index contributed by atoms with van der Waals surface area (Å²) < 4.78 is 27.7. The van der Waals surface area contributed by atoms with Crippen LogP contribution in [0.5, 0.6) is 5.75 Å². The largest absolute Gasteiger partial charge is 0.493 e. The fraction of sp³-hybridized carbons (Fsp3) is 0.613. The average molecular weight is 578 g/mol. The zero-order valence-corrected chi connectivity index (χ0v) is 24.1. The van der Waals surface area contributed by atoms with Gasteiger partial charge in [-0.1, -0.05) is 0 Å². The van der Waals surface area contributed by atoms with Crippen LogP contribution in [0.1, 0.15) is 67.6 Å². The van der Waals surface area contributed by atoms with Crippen LogP contribution >= 0.6 is 0 Å². The SMILES string of the molecule is O=C(C1CCN(C2CCOCC2)CC1)N1CCCC(c2cnc(NCc3c(F)ccc4c3CCO4)n3cnnc23)CC1. The molecule has 1 atom stereocenters. The molecular formula is C31H40FN7O3. The Bertz CT molecular complexity index is 1420. The zero-order chi connectivity index (χ0) is 28.5. The van der Waals surface area contributed by atoms with Crippen LogP contribution in [0, 0.1) is 11.7 Å². The number of hydrogen-bond donors (Lipinski definition) is 1. The Kier molecular flexibility index (Phi) is 7.94. The van der Waals surface area contributed by atoms with E-state index in [2.05, 4.69) is 25.3 Å². The number of piperidine rings is 1. The van der Waals surface area contributed by atoms with Crippen molar-refractivity contribution in [2.45, 2.75) is 69.9 Å². The fourth-order valence-corrected chi connectivity index (χ4v) is 7.38. The molecule has 11 heteroatoms. The molecule has 4 aliphatic heterocycles. The maximum Gasteiger partial charge on any atom is 0.225 e. The van der Waals surface area contributed by atoms with Crippen LogP contribution in [0.15, 0.2) is 24.7 Å². The van der Waals surface area contributed by atoms with Gasteiger partial charge in [-0.2, -0.15) is 0 Å². The van der Waals surface area contributed by atoms with Crippen LogP contribution in [0.2, 0.25) is 0 Å². The van der Waals surface area contributed by atoms with Gasteiger partial charge in [0.25, 0.3) is 0 Å². The Morgan fingerprint density at radius 2 is 1.88 bits per heavy atom. The van der Waals surface area contributed by atoms with E-state index in [1.54, 1.807) is 12.4 Å². The van der Waals surface area contributed by atoms with Gasteiger partial charge < -0.3 is 24.6 Å². The number of rotatable bonds is 6. The van der Waals surface area contributed by atoms with Gasteiger partial charge in [-0.25, -0.2) is 9.37 Å². The maximum absolute atomic E-state index is 14.7. The number of benzene rings is 1. The van der Waals surface area contributed by atoms with Gasteiger partial charge in [-0.3, -0.25) is 9.20 Å². The fourth-order valence-electron chi connectivity index (χ4n) is 7.38. The first-order valence-electron chi connectivity index (χ1n) is 15.6. The standard InChI is InChI=1S/C31H40FN7O3/c32-27-3-4-28-24(10-17-42-28)26(27)19-34-31-33-18-25(29-36-35-20-39(29)31)21-2-1-11-38(14-5-21)30(40)22-6-12-37(13-7-22)23-8-15-41-16-9-23/h3-4,18,20-23H,1-2,5-17,19H2,(H,33,34). The van der Waals surface area contributed by atoms with Crippen LogP contribution in [0.25, 0.3) is 5.65 Å². The molecule has 4 aliphatic rings. The quantitative estimate of drug-likeness (QED) is 0.473. The molecule has 3 saturated heterocycles. The second kappa shape index (κ2) is 12.1. The van der Waals surface area contributed by atoms with Crippen molar-refractivity contribution in [3.05, 3.63) is 47.2 Å². The minimum atomic E-state index is -0.245. The predicted octanol–water partition coefficient (Wildman–Crippen LogP) is 3.80. The molecule has 6 heterocycles. The van der Waals surface area contributed by atoms with Crippen LogP contribution < -0.4 is 10.1 Å². The first kappa shape index (κ1) is 27.5. The second-order valence-corrected chi connectivity index (χ2v) is 12.1. The normalized spacial score (nSPS) is 22.6. The lowest BCUT2D eigenvalue weighted by molar-refractivity contribution is -0.137. The highest BCUT2D eigenvalue weighted by molar-refractivity contribution is 5.79. The molecule has 0 bridgehead atoms. The van der Waals surface area contributed by atoms with Gasteiger partial charge in [0.05, 0.1) is 6.61 Å². The summed E-state index contributed by atoms with van der Waals surface area (Å²) >= 11 is 0. The summed E-state index contributed by atoms with van der Waals surface area (Å²) in [6.45, 7) is 6.19. The van der Waals surface area contributed by atoms with E-state index in [0.717, 1.165) is 107 Å². The van der Waals surface area contributed by atoms with Crippen molar-refractivity contribution in [1.82, 2.24) is 29.4 Å². The lowest BCUT2D eigenvalue weighted by Crippen LogP contribution is -2.47. The highest BCUT2D eigenvalue weighted by atomic mass is 19.1. The molecule has 10 nitrogen and oxygen atoms in total. The number of amides is 1. The zero-order valence-electron chi connectivity index (χ0n) is 24.1. The van der Waals surface area contributed by atoms with Gasteiger partial charge in [0.15, 0.2) is 5.65 Å². The maximum atomic E-state index is 14.7. The van der Waals surface area contributed by atoms with Crippen LogP contribution in [-0.4, -0.2) is 87.3 Å². The van der Waals surface area contributed by atoms with Crippen molar-refractivity contribution in [3.8, 4) is 5.75 Å². The Balaban J connectivity index is 0.985. The van der Waals surface area contributed by atoms with E-state index in [1.165, 1.54) is 6.07 Å². The molecule has 0 saturated carbocycles. The first-order valence-corrected chi connectivity index (χ1v) is 15.6. The van der Waals surface area contributed by atoms with E-state index < -0.39 is 0 Å². The van der Waals surface area contributed by atoms with Crippen molar-refractivity contribution in [2.24, 2.45) is 5.92 Å². The third kappa shape index (κ3) is 5.44. The molecule has 7 rings (SSSR count). The van der Waals surface area contributed by atoms with Gasteiger partial charge in [0.2, 0.25) is 11.9 Å². The molecule has 3 aromatic rings. The van der Waals surface area contributed by atoms with E-state index in [0.29, 0.717) is 43.0 Å². The summed E-state index contributed by atoms with van der Waals surface area (Å²) in [6.07, 6.45) is 11.2. The van der Waals surface area contributed by atoms with E-state index in [9.17, 15) is 9.18 Å². The average Bonchev–Trinajstić information content (AvgIpc) is 3.66. The number of likely N-dealkylation sites (tertiary alicyclic amines) is 2. The number of fused-ring (bicyclic) bond motifs is 2. The number of carbonyl (C=O) groups is 1. The van der Waals surface area contributed by atoms with Crippen molar-refractivity contribution < 1.29 is 18.7 Å². The molecule has 0 spiro atoms. The number of anilines is 1. The molecule has 1 N–H and O–H groups in total. The third-order valence-electron chi connectivity index (χ3n) is 9.79. The summed E-state index contributed by atoms with van der Waals surface area (Å²) in [7, 11) is 0. The summed E-state index contributed by atoms with van der Waals surface area (Å²) in [5.41, 5.74) is 3.35. The molecule has 224 valence electrons. The van der Waals surface area contributed by atoms with Crippen molar-refractivity contribution in [2.75, 3.05) is 51.3 Å². The molecule has 0 aliphatic carbocycles. The lowest BCUT2D eigenvalue weighted by Gasteiger charge is -2.39. The first-order chi connectivity index (χ1) is 20.7. The molecule has 1 unspecified atom stereocenters. The highest BCUT2D eigenvalue weighted by Gasteiger charge is 2.33. The Morgan fingerprint density at radius 1 is 1.02 bits per heavy atom. The molecule has 42 heavy (non-hydrogen) atoms. The minimum Gasteiger partial charge on any atom is -0.493 e. The number of nitrogens with one attached hydrogen (secondary N) is 1. The summed E-state index contributed by atoms with van der Waals surface area (Å²) in [5, 5.41) is 11.9. The third-order valence-corrected chi connectivity index (χ3v) is 9.79. The summed E-state index contributed by atoms with van der Waals surface area (Å²) in [6, 6.07) is 3.78. The lowest BCUT2D eigenvalue weighted by atomic mass is 9.92. The van der Waals surface area contributed by atoms with Gasteiger partial charge >= 0.3 is 0 Å². The number of hydrogen-bond acceptors (Lipinski definition) is 8. The van der Waals surface area contributed by atoms with Gasteiger partial charge in [0.1, 0.15) is 17.9 Å². The highest BCUT2D eigenvalue weighted by Crippen LogP contribution is 2.33. The number of nitrogens with zero attached hydrogens (tertiary/aromatic N) is 6. The molecule has 0 radical (unpaired) electrons. The summed E-state index contributed by atoms with van der Waals surface area (Å²) in [4.78, 5) is 22.9. The van der Waals surface area contributed by atoms with E-state index in [-0.39, 0.29) is 17.7 Å². The second-order valence-electron chi connectivity index (χ2n) is 12.1. The number of carbonyl (C=O) groups excluding carboxylic acids is 1. The number of ether oxygens (including phenoxy) is 2. The van der Waals surface area contributed by atoms with Crippen molar-refractivity contribution >= 4 is 17.5 Å². The minimum absolute atomic E-state index is 0.134. The molecule has 2 aromatic heterocycles. The van der Waals surface area contributed by atoms with E-state index in [4.69, 9.17) is 14.5 Å². The molecule has 3 fully saturated rings. The van der Waals surface area contributed by atoms with Gasteiger partial charge in [-0.05, 0) is 76.1 Å². The van der Waals surface area contributed by atoms with E-state index in [1.807, 2.05) is 10.6 Å². The van der Waals surface area contributed by atoms with Gasteiger partial charge in [-0.15, -0.1) is 10.2 Å². The van der Waals surface area contributed by atoms with Crippen LogP contribution in [0.3, 0.4) is 0 Å². The molecule has 1 aromatic carbocycles. The van der Waals surface area contributed by atoms with Crippen molar-refractivity contribution in [1.29, 1.82) is 0 Å². The number of aromatic nitrogens is 4. The Hall–Kier alpha value is -3.31. The monoisotopic (exact) mass is 577 g/mol. The smallest absolute Gasteiger partial charge is 0.225 e. The Morgan fingerprint density at radius 3 is 2.74 bits per heavy atom. The number of halogens is 1.